The zero-order valence-electron chi connectivity index (χ0n) is 9.01. The maximum Gasteiger partial charge on any atom is 0.416 e. The van der Waals surface area contributed by atoms with Crippen molar-refractivity contribution in [2.24, 2.45) is 5.73 Å². The SMILES string of the molecule is CC(N)CCc1ccc(C(F)(F)F)cc1N. The summed E-state index contributed by atoms with van der Waals surface area (Å²) in [6, 6.07) is 3.45. The normalized spacial score (nSPS) is 13.8. The first-order valence-electron chi connectivity index (χ1n) is 5.02. The number of nitrogen functional groups attached to an aromatic ring is 1. The Labute approximate surface area is 92.4 Å². The number of alkyl halides is 3. The molecule has 0 radical (unpaired) electrons. The Morgan fingerprint density at radius 3 is 2.38 bits per heavy atom. The lowest BCUT2D eigenvalue weighted by atomic mass is 10.0. The van der Waals surface area contributed by atoms with Crippen LogP contribution in [-0.4, -0.2) is 6.04 Å². The third kappa shape index (κ3) is 3.41. The van der Waals surface area contributed by atoms with Gasteiger partial charge in [0.05, 0.1) is 5.56 Å². The van der Waals surface area contributed by atoms with E-state index in [1.165, 1.54) is 6.07 Å². The smallest absolute Gasteiger partial charge is 0.398 e. The summed E-state index contributed by atoms with van der Waals surface area (Å²) in [5.41, 5.74) is 11.3. The molecule has 0 aliphatic carbocycles. The monoisotopic (exact) mass is 232 g/mol. The Kier molecular flexibility index (Phi) is 3.80. The van der Waals surface area contributed by atoms with Crippen molar-refractivity contribution in [3.8, 4) is 0 Å². The maximum atomic E-state index is 12.3. The van der Waals surface area contributed by atoms with E-state index < -0.39 is 11.7 Å². The summed E-state index contributed by atoms with van der Waals surface area (Å²) in [4.78, 5) is 0. The van der Waals surface area contributed by atoms with Gasteiger partial charge in [0.25, 0.3) is 0 Å². The highest BCUT2D eigenvalue weighted by Crippen LogP contribution is 2.31. The lowest BCUT2D eigenvalue weighted by molar-refractivity contribution is -0.137. The van der Waals surface area contributed by atoms with Gasteiger partial charge in [-0.3, -0.25) is 0 Å². The molecule has 16 heavy (non-hydrogen) atoms. The third-order valence-corrected chi connectivity index (χ3v) is 2.34. The fourth-order valence-corrected chi connectivity index (χ4v) is 1.38. The first-order valence-corrected chi connectivity index (χ1v) is 5.02. The molecule has 1 aromatic rings. The highest BCUT2D eigenvalue weighted by atomic mass is 19.4. The standard InChI is InChI=1S/C11H15F3N2/c1-7(15)2-3-8-4-5-9(6-10(8)16)11(12,13)14/h4-7H,2-3,15-16H2,1H3. The van der Waals surface area contributed by atoms with E-state index in [4.69, 9.17) is 11.5 Å². The quantitative estimate of drug-likeness (QED) is 0.787. The topological polar surface area (TPSA) is 52.0 Å². The molecule has 90 valence electrons. The van der Waals surface area contributed by atoms with Crippen LogP contribution in [0.4, 0.5) is 18.9 Å². The summed E-state index contributed by atoms with van der Waals surface area (Å²) in [5, 5.41) is 0. The van der Waals surface area contributed by atoms with Crippen LogP contribution in [0.5, 0.6) is 0 Å². The molecule has 1 unspecified atom stereocenters. The van der Waals surface area contributed by atoms with Crippen molar-refractivity contribution >= 4 is 5.69 Å². The first-order chi connectivity index (χ1) is 7.30. The summed E-state index contributed by atoms with van der Waals surface area (Å²) in [5.74, 6) is 0. The van der Waals surface area contributed by atoms with Gasteiger partial charge in [-0.2, -0.15) is 13.2 Å². The van der Waals surface area contributed by atoms with E-state index in [0.29, 0.717) is 18.4 Å². The predicted molar refractivity (Wildman–Crippen MR) is 57.8 cm³/mol. The number of aryl methyl sites for hydroxylation is 1. The van der Waals surface area contributed by atoms with Crippen LogP contribution in [0.15, 0.2) is 18.2 Å². The van der Waals surface area contributed by atoms with E-state index in [2.05, 4.69) is 0 Å². The van der Waals surface area contributed by atoms with Gasteiger partial charge < -0.3 is 11.5 Å². The molecule has 0 heterocycles. The molecule has 2 nitrogen and oxygen atoms in total. The van der Waals surface area contributed by atoms with Crippen LogP contribution in [0.2, 0.25) is 0 Å². The minimum Gasteiger partial charge on any atom is -0.398 e. The van der Waals surface area contributed by atoms with E-state index in [9.17, 15) is 13.2 Å². The molecule has 0 amide bonds. The minimum atomic E-state index is -4.34. The zero-order valence-corrected chi connectivity index (χ0v) is 9.01. The molecule has 5 heteroatoms. The lowest BCUT2D eigenvalue weighted by Crippen LogP contribution is -2.16. The Bertz CT molecular complexity index is 359. The Morgan fingerprint density at radius 2 is 1.94 bits per heavy atom. The molecule has 0 aromatic heterocycles. The summed E-state index contributed by atoms with van der Waals surface area (Å²) in [7, 11) is 0. The Balaban J connectivity index is 2.84. The number of benzene rings is 1. The summed E-state index contributed by atoms with van der Waals surface area (Å²) in [6.07, 6.45) is -3.04. The van der Waals surface area contributed by atoms with E-state index in [1.807, 2.05) is 6.92 Å². The van der Waals surface area contributed by atoms with Crippen molar-refractivity contribution in [1.82, 2.24) is 0 Å². The molecule has 0 spiro atoms. The molecule has 0 aliphatic rings. The van der Waals surface area contributed by atoms with Gasteiger partial charge in [0.2, 0.25) is 0 Å². The summed E-state index contributed by atoms with van der Waals surface area (Å²) in [6.45, 7) is 1.85. The number of hydrogen-bond acceptors (Lipinski definition) is 2. The molecule has 0 aliphatic heterocycles. The van der Waals surface area contributed by atoms with Crippen molar-refractivity contribution in [3.63, 3.8) is 0 Å². The third-order valence-electron chi connectivity index (χ3n) is 2.34. The number of nitrogens with two attached hydrogens (primary N) is 2. The van der Waals surface area contributed by atoms with Gasteiger partial charge in [0, 0.05) is 11.7 Å². The molecule has 1 aromatic carbocycles. The Hall–Kier alpha value is -1.23. The molecule has 0 fully saturated rings. The highest BCUT2D eigenvalue weighted by Gasteiger charge is 2.30. The second kappa shape index (κ2) is 4.74. The molecular weight excluding hydrogens is 217 g/mol. The lowest BCUT2D eigenvalue weighted by Gasteiger charge is -2.11. The molecule has 1 atom stereocenters. The van der Waals surface area contributed by atoms with E-state index >= 15 is 0 Å². The van der Waals surface area contributed by atoms with E-state index in [0.717, 1.165) is 12.1 Å². The predicted octanol–water partition coefficient (Wildman–Crippen LogP) is 2.57. The average Bonchev–Trinajstić information content (AvgIpc) is 2.14. The van der Waals surface area contributed by atoms with Gasteiger partial charge in [-0.05, 0) is 37.5 Å². The number of halogens is 3. The molecule has 1 rings (SSSR count). The molecular formula is C11H15F3N2. The first kappa shape index (κ1) is 12.8. The van der Waals surface area contributed by atoms with Crippen LogP contribution in [0.1, 0.15) is 24.5 Å². The fraction of sp³-hybridized carbons (Fsp3) is 0.455. The van der Waals surface area contributed by atoms with E-state index in [-0.39, 0.29) is 11.7 Å². The average molecular weight is 232 g/mol. The maximum absolute atomic E-state index is 12.3. The molecule has 0 saturated heterocycles. The van der Waals surface area contributed by atoms with Crippen molar-refractivity contribution in [3.05, 3.63) is 29.3 Å². The number of anilines is 1. The van der Waals surface area contributed by atoms with Crippen LogP contribution >= 0.6 is 0 Å². The van der Waals surface area contributed by atoms with Gasteiger partial charge >= 0.3 is 6.18 Å². The van der Waals surface area contributed by atoms with Gasteiger partial charge in [0.15, 0.2) is 0 Å². The number of hydrogen-bond donors (Lipinski definition) is 2. The van der Waals surface area contributed by atoms with Crippen molar-refractivity contribution in [1.29, 1.82) is 0 Å². The van der Waals surface area contributed by atoms with Crippen LogP contribution < -0.4 is 11.5 Å². The van der Waals surface area contributed by atoms with Gasteiger partial charge in [-0.15, -0.1) is 0 Å². The fourth-order valence-electron chi connectivity index (χ4n) is 1.38. The summed E-state index contributed by atoms with van der Waals surface area (Å²) >= 11 is 0. The minimum absolute atomic E-state index is 0.0155. The second-order valence-electron chi connectivity index (χ2n) is 3.93. The van der Waals surface area contributed by atoms with Crippen LogP contribution in [-0.2, 0) is 12.6 Å². The van der Waals surface area contributed by atoms with Crippen LogP contribution in [0.25, 0.3) is 0 Å². The second-order valence-corrected chi connectivity index (χ2v) is 3.93. The molecule has 4 N–H and O–H groups in total. The van der Waals surface area contributed by atoms with Crippen molar-refractivity contribution in [2.45, 2.75) is 32.0 Å². The zero-order chi connectivity index (χ0) is 12.3. The Morgan fingerprint density at radius 1 is 1.31 bits per heavy atom. The van der Waals surface area contributed by atoms with Crippen LogP contribution in [0, 0.1) is 0 Å². The highest BCUT2D eigenvalue weighted by molar-refractivity contribution is 5.49. The van der Waals surface area contributed by atoms with Crippen molar-refractivity contribution < 1.29 is 13.2 Å². The van der Waals surface area contributed by atoms with Crippen LogP contribution in [0.3, 0.4) is 0 Å². The van der Waals surface area contributed by atoms with Gasteiger partial charge in [-0.1, -0.05) is 6.07 Å². The largest absolute Gasteiger partial charge is 0.416 e. The molecule has 0 bridgehead atoms. The van der Waals surface area contributed by atoms with Crippen molar-refractivity contribution in [2.75, 3.05) is 5.73 Å². The van der Waals surface area contributed by atoms with E-state index in [1.54, 1.807) is 0 Å². The van der Waals surface area contributed by atoms with Gasteiger partial charge in [-0.25, -0.2) is 0 Å². The summed E-state index contributed by atoms with van der Waals surface area (Å²) < 4.78 is 37.0. The van der Waals surface area contributed by atoms with Gasteiger partial charge in [0.1, 0.15) is 0 Å². The molecule has 0 saturated carbocycles. The number of rotatable bonds is 3.